The molecule has 26 heavy (non-hydrogen) atoms. The highest BCUT2D eigenvalue weighted by molar-refractivity contribution is 6.30. The average molecular weight is 374 g/mol. The van der Waals surface area contributed by atoms with Crippen molar-refractivity contribution in [2.75, 3.05) is 25.0 Å². The first-order valence-electron chi connectivity index (χ1n) is 8.38. The molecule has 0 saturated carbocycles. The van der Waals surface area contributed by atoms with Gasteiger partial charge in [0.15, 0.2) is 0 Å². The minimum atomic E-state index is -0.636. The van der Waals surface area contributed by atoms with E-state index in [9.17, 15) is 9.59 Å². The summed E-state index contributed by atoms with van der Waals surface area (Å²) in [7, 11) is 0. The van der Waals surface area contributed by atoms with Gasteiger partial charge in [-0.1, -0.05) is 41.9 Å². The number of hydrogen-bond acceptors (Lipinski definition) is 4. The third-order valence-corrected chi connectivity index (χ3v) is 4.35. The van der Waals surface area contributed by atoms with Gasteiger partial charge in [-0.2, -0.15) is 0 Å². The van der Waals surface area contributed by atoms with Crippen LogP contribution in [-0.4, -0.2) is 42.6 Å². The van der Waals surface area contributed by atoms with Crippen LogP contribution >= 0.6 is 11.6 Å². The number of amides is 2. The van der Waals surface area contributed by atoms with Crippen LogP contribution in [0, 0.1) is 0 Å². The van der Waals surface area contributed by atoms with Crippen LogP contribution in [0.25, 0.3) is 0 Å². The molecule has 0 radical (unpaired) electrons. The molecule has 3 rings (SSSR count). The summed E-state index contributed by atoms with van der Waals surface area (Å²) in [5, 5.41) is 6.54. The summed E-state index contributed by atoms with van der Waals surface area (Å²) in [5.41, 5.74) is 1.53. The third kappa shape index (κ3) is 4.74. The Morgan fingerprint density at radius 2 is 1.88 bits per heavy atom. The van der Waals surface area contributed by atoms with Gasteiger partial charge in [-0.3, -0.25) is 9.69 Å². The molecule has 1 fully saturated rings. The Morgan fingerprint density at radius 1 is 1.15 bits per heavy atom. The first-order valence-corrected chi connectivity index (χ1v) is 8.76. The number of anilines is 1. The quantitative estimate of drug-likeness (QED) is 0.864. The van der Waals surface area contributed by atoms with Gasteiger partial charge in [0.2, 0.25) is 5.91 Å². The molecular weight excluding hydrogens is 354 g/mol. The van der Waals surface area contributed by atoms with Gasteiger partial charge in [-0.05, 0) is 29.8 Å². The molecular formula is C19H20ClN3O3. The highest BCUT2D eigenvalue weighted by Gasteiger charge is 2.33. The maximum atomic E-state index is 12.6. The standard InChI is InChI=1S/C19H20ClN3O3/c20-15-6-8-16(9-7-15)22-18(24)17-12-21-10-11-23(17)19(25)26-13-14-4-2-1-3-5-14/h1-9,17,21H,10-13H2,(H,22,24). The second kappa shape index (κ2) is 8.69. The second-order valence-electron chi connectivity index (χ2n) is 5.95. The minimum absolute atomic E-state index is 0.176. The molecule has 1 unspecified atom stereocenters. The summed E-state index contributed by atoms with van der Waals surface area (Å²) in [4.78, 5) is 26.5. The molecule has 1 atom stereocenters. The minimum Gasteiger partial charge on any atom is -0.445 e. The number of benzene rings is 2. The van der Waals surface area contributed by atoms with Gasteiger partial charge in [0.25, 0.3) is 0 Å². The van der Waals surface area contributed by atoms with Crippen molar-refractivity contribution in [3.63, 3.8) is 0 Å². The zero-order valence-corrected chi connectivity index (χ0v) is 14.9. The van der Waals surface area contributed by atoms with E-state index in [1.54, 1.807) is 24.3 Å². The van der Waals surface area contributed by atoms with E-state index in [2.05, 4.69) is 10.6 Å². The van der Waals surface area contributed by atoms with E-state index in [0.717, 1.165) is 5.56 Å². The van der Waals surface area contributed by atoms with Crippen LogP contribution in [0.5, 0.6) is 0 Å². The van der Waals surface area contributed by atoms with E-state index < -0.39 is 12.1 Å². The van der Waals surface area contributed by atoms with Crippen molar-refractivity contribution < 1.29 is 14.3 Å². The fourth-order valence-electron chi connectivity index (χ4n) is 2.72. The monoisotopic (exact) mass is 373 g/mol. The number of ether oxygens (including phenoxy) is 1. The Hall–Kier alpha value is -2.57. The lowest BCUT2D eigenvalue weighted by Crippen LogP contribution is -2.58. The second-order valence-corrected chi connectivity index (χ2v) is 6.39. The number of carbonyl (C=O) groups is 2. The van der Waals surface area contributed by atoms with Crippen LogP contribution in [-0.2, 0) is 16.1 Å². The SMILES string of the molecule is O=C(Nc1ccc(Cl)cc1)C1CNCCN1C(=O)OCc1ccccc1. The fraction of sp³-hybridized carbons (Fsp3) is 0.263. The molecule has 1 aliphatic rings. The van der Waals surface area contributed by atoms with E-state index in [-0.39, 0.29) is 12.5 Å². The third-order valence-electron chi connectivity index (χ3n) is 4.10. The lowest BCUT2D eigenvalue weighted by Gasteiger charge is -2.34. The average Bonchev–Trinajstić information content (AvgIpc) is 2.68. The molecule has 136 valence electrons. The number of nitrogens with one attached hydrogen (secondary N) is 2. The van der Waals surface area contributed by atoms with Gasteiger partial charge >= 0.3 is 6.09 Å². The number of piperazine rings is 1. The highest BCUT2D eigenvalue weighted by atomic mass is 35.5. The Morgan fingerprint density at radius 3 is 2.62 bits per heavy atom. The predicted octanol–water partition coefficient (Wildman–Crippen LogP) is 2.89. The van der Waals surface area contributed by atoms with Gasteiger partial charge in [0, 0.05) is 30.3 Å². The Kier molecular flexibility index (Phi) is 6.09. The lowest BCUT2D eigenvalue weighted by atomic mass is 10.2. The van der Waals surface area contributed by atoms with Gasteiger partial charge in [0.05, 0.1) is 0 Å². The molecule has 7 heteroatoms. The van der Waals surface area contributed by atoms with E-state index in [4.69, 9.17) is 16.3 Å². The number of carbonyl (C=O) groups excluding carboxylic acids is 2. The molecule has 0 aliphatic carbocycles. The largest absolute Gasteiger partial charge is 0.445 e. The normalized spacial score (nSPS) is 16.8. The predicted molar refractivity (Wildman–Crippen MR) is 100 cm³/mol. The van der Waals surface area contributed by atoms with Crippen LogP contribution in [0.2, 0.25) is 5.02 Å². The Balaban J connectivity index is 1.61. The summed E-state index contributed by atoms with van der Waals surface area (Å²) in [5.74, 6) is -0.267. The number of nitrogens with zero attached hydrogens (tertiary/aromatic N) is 1. The van der Waals surface area contributed by atoms with Crippen LogP contribution < -0.4 is 10.6 Å². The van der Waals surface area contributed by atoms with Crippen LogP contribution in [0.15, 0.2) is 54.6 Å². The van der Waals surface area contributed by atoms with Crippen molar-refractivity contribution in [3.05, 3.63) is 65.2 Å². The summed E-state index contributed by atoms with van der Waals surface area (Å²) in [6.07, 6.45) is -0.494. The molecule has 2 amide bonds. The zero-order chi connectivity index (χ0) is 18.4. The van der Waals surface area contributed by atoms with E-state index in [1.807, 2.05) is 30.3 Å². The van der Waals surface area contributed by atoms with Crippen molar-refractivity contribution in [1.29, 1.82) is 0 Å². The lowest BCUT2D eigenvalue weighted by molar-refractivity contribution is -0.121. The van der Waals surface area contributed by atoms with Crippen molar-refractivity contribution in [1.82, 2.24) is 10.2 Å². The first kappa shape index (κ1) is 18.2. The van der Waals surface area contributed by atoms with E-state index in [0.29, 0.717) is 30.3 Å². The molecule has 2 aromatic carbocycles. The summed E-state index contributed by atoms with van der Waals surface area (Å²) < 4.78 is 5.38. The number of hydrogen-bond donors (Lipinski definition) is 2. The van der Waals surface area contributed by atoms with Crippen molar-refractivity contribution in [2.24, 2.45) is 0 Å². The molecule has 0 bridgehead atoms. The van der Waals surface area contributed by atoms with Crippen LogP contribution in [0.4, 0.5) is 10.5 Å². The van der Waals surface area contributed by atoms with Gasteiger partial charge in [0.1, 0.15) is 12.6 Å². The van der Waals surface area contributed by atoms with Crippen molar-refractivity contribution in [2.45, 2.75) is 12.6 Å². The molecule has 2 N–H and O–H groups in total. The molecule has 1 aliphatic heterocycles. The zero-order valence-electron chi connectivity index (χ0n) is 14.2. The Labute approximate surface area is 157 Å². The molecule has 6 nitrogen and oxygen atoms in total. The Bertz CT molecular complexity index is 752. The summed E-state index contributed by atoms with van der Waals surface area (Å²) in [6, 6.07) is 15.6. The molecule has 0 aromatic heterocycles. The summed E-state index contributed by atoms with van der Waals surface area (Å²) in [6.45, 7) is 1.58. The molecule has 2 aromatic rings. The fourth-order valence-corrected chi connectivity index (χ4v) is 2.84. The van der Waals surface area contributed by atoms with Crippen LogP contribution in [0.3, 0.4) is 0 Å². The van der Waals surface area contributed by atoms with E-state index >= 15 is 0 Å². The van der Waals surface area contributed by atoms with Gasteiger partial charge < -0.3 is 15.4 Å². The van der Waals surface area contributed by atoms with Crippen molar-refractivity contribution >= 4 is 29.3 Å². The van der Waals surface area contributed by atoms with Crippen LogP contribution in [0.1, 0.15) is 5.56 Å². The smallest absolute Gasteiger partial charge is 0.410 e. The molecule has 1 saturated heterocycles. The highest BCUT2D eigenvalue weighted by Crippen LogP contribution is 2.15. The summed E-state index contributed by atoms with van der Waals surface area (Å²) >= 11 is 5.85. The topological polar surface area (TPSA) is 70.7 Å². The molecule has 0 spiro atoms. The van der Waals surface area contributed by atoms with Gasteiger partial charge in [-0.15, -0.1) is 0 Å². The van der Waals surface area contributed by atoms with E-state index in [1.165, 1.54) is 4.90 Å². The maximum Gasteiger partial charge on any atom is 0.410 e. The first-order chi connectivity index (χ1) is 12.6. The van der Waals surface area contributed by atoms with Crippen molar-refractivity contribution in [3.8, 4) is 0 Å². The number of halogens is 1. The molecule has 1 heterocycles. The maximum absolute atomic E-state index is 12.6. The number of rotatable bonds is 4. The van der Waals surface area contributed by atoms with Gasteiger partial charge in [-0.25, -0.2) is 4.79 Å².